The van der Waals surface area contributed by atoms with Gasteiger partial charge in [-0.25, -0.2) is 4.99 Å². The number of anilines is 1. The van der Waals surface area contributed by atoms with Gasteiger partial charge in [-0.3, -0.25) is 4.79 Å². The van der Waals surface area contributed by atoms with Crippen molar-refractivity contribution in [1.29, 1.82) is 0 Å². The van der Waals surface area contributed by atoms with Crippen molar-refractivity contribution in [3.63, 3.8) is 0 Å². The smallest absolute Gasteiger partial charge is 0.224 e. The van der Waals surface area contributed by atoms with Crippen molar-refractivity contribution in [2.75, 3.05) is 18.4 Å². The predicted molar refractivity (Wildman–Crippen MR) is 109 cm³/mol. The van der Waals surface area contributed by atoms with Gasteiger partial charge in [0.25, 0.3) is 0 Å². The lowest BCUT2D eigenvalue weighted by atomic mass is 10.2. The molecule has 6 heteroatoms. The third-order valence-electron chi connectivity index (χ3n) is 2.99. The Morgan fingerprint density at radius 1 is 1.13 bits per heavy atom. The Morgan fingerprint density at radius 2 is 1.91 bits per heavy atom. The maximum atomic E-state index is 11.6. The molecular formula is C17H29IN4O. The molecule has 3 N–H and O–H groups in total. The van der Waals surface area contributed by atoms with Gasteiger partial charge in [-0.2, -0.15) is 0 Å². The highest BCUT2D eigenvalue weighted by Crippen LogP contribution is 2.12. The lowest BCUT2D eigenvalue weighted by Gasteiger charge is -2.10. The maximum Gasteiger partial charge on any atom is 0.224 e. The van der Waals surface area contributed by atoms with Gasteiger partial charge in [0.15, 0.2) is 5.96 Å². The summed E-state index contributed by atoms with van der Waals surface area (Å²) in [6.07, 6.45) is 2.46. The van der Waals surface area contributed by atoms with E-state index in [-0.39, 0.29) is 29.9 Å². The first-order valence-electron chi connectivity index (χ1n) is 8.10. The van der Waals surface area contributed by atoms with E-state index >= 15 is 0 Å². The van der Waals surface area contributed by atoms with Crippen molar-refractivity contribution in [1.82, 2.24) is 10.6 Å². The molecule has 0 aliphatic heterocycles. The molecule has 0 aliphatic rings. The minimum absolute atomic E-state index is 0. The predicted octanol–water partition coefficient (Wildman–Crippen LogP) is 3.51. The summed E-state index contributed by atoms with van der Waals surface area (Å²) in [6, 6.07) is 7.84. The van der Waals surface area contributed by atoms with Gasteiger partial charge in [0.2, 0.25) is 5.91 Å². The van der Waals surface area contributed by atoms with Crippen molar-refractivity contribution < 1.29 is 4.79 Å². The fourth-order valence-electron chi connectivity index (χ4n) is 1.95. The molecule has 130 valence electrons. The molecule has 0 radical (unpaired) electrons. The van der Waals surface area contributed by atoms with E-state index < -0.39 is 0 Å². The molecule has 1 aromatic carbocycles. The number of benzene rings is 1. The van der Waals surface area contributed by atoms with Crippen LogP contribution in [0.4, 0.5) is 5.69 Å². The Labute approximate surface area is 156 Å². The third kappa shape index (κ3) is 9.43. The van der Waals surface area contributed by atoms with Crippen molar-refractivity contribution in [3.05, 3.63) is 29.8 Å². The first-order chi connectivity index (χ1) is 10.7. The van der Waals surface area contributed by atoms with Gasteiger partial charge in [-0.05, 0) is 37.5 Å². The average molecular weight is 432 g/mol. The Balaban J connectivity index is 0.00000484. The van der Waals surface area contributed by atoms with E-state index in [0.29, 0.717) is 13.0 Å². The van der Waals surface area contributed by atoms with Crippen LogP contribution in [0.25, 0.3) is 0 Å². The summed E-state index contributed by atoms with van der Waals surface area (Å²) in [7, 11) is 0. The molecule has 5 nitrogen and oxygen atoms in total. The summed E-state index contributed by atoms with van der Waals surface area (Å²) < 4.78 is 0. The van der Waals surface area contributed by atoms with Gasteiger partial charge >= 0.3 is 0 Å². The number of hydrogen-bond donors (Lipinski definition) is 3. The fourth-order valence-corrected chi connectivity index (χ4v) is 1.95. The number of guanidine groups is 1. The van der Waals surface area contributed by atoms with Crippen molar-refractivity contribution in [3.8, 4) is 0 Å². The van der Waals surface area contributed by atoms with E-state index in [0.717, 1.165) is 43.1 Å². The highest BCUT2D eigenvalue weighted by atomic mass is 127. The molecule has 1 rings (SSSR count). The van der Waals surface area contributed by atoms with E-state index in [1.54, 1.807) is 0 Å². The summed E-state index contributed by atoms with van der Waals surface area (Å²) in [5.41, 5.74) is 1.90. The van der Waals surface area contributed by atoms with Crippen molar-refractivity contribution >= 4 is 41.5 Å². The number of nitrogens with one attached hydrogen (secondary N) is 3. The van der Waals surface area contributed by atoms with Crippen molar-refractivity contribution in [2.45, 2.75) is 46.6 Å². The van der Waals surface area contributed by atoms with Crippen LogP contribution in [0.15, 0.2) is 29.3 Å². The van der Waals surface area contributed by atoms with Gasteiger partial charge in [-0.1, -0.05) is 26.0 Å². The Hall–Kier alpha value is -1.31. The highest BCUT2D eigenvalue weighted by molar-refractivity contribution is 14.0. The largest absolute Gasteiger partial charge is 0.357 e. The molecule has 1 amide bonds. The average Bonchev–Trinajstić information content (AvgIpc) is 2.50. The second-order valence-corrected chi connectivity index (χ2v) is 5.12. The molecule has 0 aromatic heterocycles. The number of carbonyl (C=O) groups excluding carboxylic acids is 1. The van der Waals surface area contributed by atoms with Gasteiger partial charge in [-0.15, -0.1) is 24.0 Å². The van der Waals surface area contributed by atoms with E-state index in [2.05, 4.69) is 27.9 Å². The topological polar surface area (TPSA) is 65.5 Å². The van der Waals surface area contributed by atoms with Gasteiger partial charge in [0.1, 0.15) is 0 Å². The molecule has 0 saturated heterocycles. The zero-order chi connectivity index (χ0) is 16.2. The molecule has 0 aliphatic carbocycles. The molecule has 0 spiro atoms. The fraction of sp³-hybridized carbons (Fsp3) is 0.529. The van der Waals surface area contributed by atoms with Crippen molar-refractivity contribution in [2.24, 2.45) is 4.99 Å². The molecule has 0 bridgehead atoms. The van der Waals surface area contributed by atoms with E-state index in [4.69, 9.17) is 0 Å². The van der Waals surface area contributed by atoms with Crippen LogP contribution in [0.3, 0.4) is 0 Å². The van der Waals surface area contributed by atoms with Gasteiger partial charge in [0, 0.05) is 25.2 Å². The summed E-state index contributed by atoms with van der Waals surface area (Å²) in [5.74, 6) is 0.880. The molecule has 1 aromatic rings. The number of nitrogens with zero attached hydrogens (tertiary/aromatic N) is 1. The van der Waals surface area contributed by atoms with E-state index in [9.17, 15) is 4.79 Å². The zero-order valence-electron chi connectivity index (χ0n) is 14.3. The third-order valence-corrected chi connectivity index (χ3v) is 2.99. The minimum atomic E-state index is 0. The normalized spacial score (nSPS) is 10.7. The molecule has 0 atom stereocenters. The molecular weight excluding hydrogens is 403 g/mol. The number of rotatable bonds is 8. The van der Waals surface area contributed by atoms with E-state index in [1.807, 2.05) is 38.1 Å². The summed E-state index contributed by atoms with van der Waals surface area (Å²) in [5, 5.41) is 9.41. The Morgan fingerprint density at radius 3 is 2.57 bits per heavy atom. The SMILES string of the molecule is CCCNC(=NCc1cccc(NC(=O)CCC)c1)NCC.I. The lowest BCUT2D eigenvalue weighted by molar-refractivity contribution is -0.116. The number of carbonyl (C=O) groups is 1. The summed E-state index contributed by atoms with van der Waals surface area (Å²) in [6.45, 7) is 8.49. The molecule has 0 saturated carbocycles. The molecule has 0 heterocycles. The van der Waals surface area contributed by atoms with Gasteiger partial charge in [0.05, 0.1) is 6.54 Å². The first kappa shape index (κ1) is 21.7. The lowest BCUT2D eigenvalue weighted by Crippen LogP contribution is -2.37. The van der Waals surface area contributed by atoms with Crippen LogP contribution in [0.5, 0.6) is 0 Å². The summed E-state index contributed by atoms with van der Waals surface area (Å²) >= 11 is 0. The van der Waals surface area contributed by atoms with Crippen LogP contribution in [0.2, 0.25) is 0 Å². The summed E-state index contributed by atoms with van der Waals surface area (Å²) in [4.78, 5) is 16.2. The second kappa shape index (κ2) is 13.2. The van der Waals surface area contributed by atoms with Crippen LogP contribution < -0.4 is 16.0 Å². The minimum Gasteiger partial charge on any atom is -0.357 e. The number of halogens is 1. The van der Waals surface area contributed by atoms with Crippen LogP contribution >= 0.6 is 24.0 Å². The second-order valence-electron chi connectivity index (χ2n) is 5.12. The van der Waals surface area contributed by atoms with Crippen LogP contribution in [-0.4, -0.2) is 25.0 Å². The number of aliphatic imine (C=N–C) groups is 1. The zero-order valence-corrected chi connectivity index (χ0v) is 16.6. The maximum absolute atomic E-state index is 11.6. The standard InChI is InChI=1S/C17H28N4O.HI/c1-4-8-16(22)21-15-10-7-9-14(12-15)13-20-17(18-6-3)19-11-5-2;/h7,9-10,12H,4-6,8,11,13H2,1-3H3,(H,21,22)(H2,18,19,20);1H. The quantitative estimate of drug-likeness (QED) is 0.335. The van der Waals surface area contributed by atoms with Crippen LogP contribution in [0, 0.1) is 0 Å². The molecule has 0 unspecified atom stereocenters. The molecule has 23 heavy (non-hydrogen) atoms. The number of hydrogen-bond acceptors (Lipinski definition) is 2. The van der Waals surface area contributed by atoms with E-state index in [1.165, 1.54) is 0 Å². The number of amides is 1. The Bertz CT molecular complexity index is 491. The van der Waals surface area contributed by atoms with Gasteiger partial charge < -0.3 is 16.0 Å². The highest BCUT2D eigenvalue weighted by Gasteiger charge is 2.02. The Kier molecular flexibility index (Phi) is 12.4. The monoisotopic (exact) mass is 432 g/mol. The molecule has 0 fully saturated rings. The first-order valence-corrected chi connectivity index (χ1v) is 8.10. The van der Waals surface area contributed by atoms with Crippen LogP contribution in [0.1, 0.15) is 45.6 Å². The van der Waals surface area contributed by atoms with Crippen LogP contribution in [-0.2, 0) is 11.3 Å².